The van der Waals surface area contributed by atoms with Gasteiger partial charge in [0.1, 0.15) is 0 Å². The van der Waals surface area contributed by atoms with Gasteiger partial charge in [0.15, 0.2) is 4.87 Å². The number of hydrogen-bond donors (Lipinski definition) is 2. The molecule has 0 spiro atoms. The van der Waals surface area contributed by atoms with Gasteiger partial charge < -0.3 is 5.73 Å². The fourth-order valence-corrected chi connectivity index (χ4v) is 2.70. The summed E-state index contributed by atoms with van der Waals surface area (Å²) in [5.41, 5.74) is 6.62. The van der Waals surface area contributed by atoms with Gasteiger partial charge in [0.05, 0.1) is 0 Å². The van der Waals surface area contributed by atoms with E-state index in [1.807, 2.05) is 0 Å². The third-order valence-electron chi connectivity index (χ3n) is 2.81. The van der Waals surface area contributed by atoms with E-state index in [0.717, 1.165) is 0 Å². The Morgan fingerprint density at radius 1 is 0.833 bits per heavy atom. The Morgan fingerprint density at radius 2 is 1.17 bits per heavy atom. The van der Waals surface area contributed by atoms with Crippen molar-refractivity contribution in [2.45, 2.75) is 4.87 Å². The van der Waals surface area contributed by atoms with E-state index >= 15 is 0 Å². The Labute approximate surface area is 106 Å². The van der Waals surface area contributed by atoms with Gasteiger partial charge in [-0.2, -0.15) is 8.42 Å². The van der Waals surface area contributed by atoms with Crippen LogP contribution in [0, 0.1) is 0 Å². The molecule has 2 aromatic rings. The van der Waals surface area contributed by atoms with Crippen molar-refractivity contribution in [3.63, 3.8) is 0 Å². The third kappa shape index (κ3) is 2.03. The van der Waals surface area contributed by atoms with Crippen molar-refractivity contribution >= 4 is 10.1 Å². The van der Waals surface area contributed by atoms with Crippen LogP contribution in [-0.4, -0.2) is 13.0 Å². The van der Waals surface area contributed by atoms with Crippen molar-refractivity contribution in [1.82, 2.24) is 0 Å². The first-order valence-corrected chi connectivity index (χ1v) is 6.77. The summed E-state index contributed by atoms with van der Waals surface area (Å²) in [5.74, 6) is 0. The molecule has 0 saturated heterocycles. The third-order valence-corrected chi connectivity index (χ3v) is 4.10. The van der Waals surface area contributed by atoms with Crippen LogP contribution in [0.25, 0.3) is 0 Å². The van der Waals surface area contributed by atoms with Crippen LogP contribution >= 0.6 is 0 Å². The Kier molecular flexibility index (Phi) is 3.21. The lowest BCUT2D eigenvalue weighted by molar-refractivity contribution is 0.448. The highest BCUT2D eigenvalue weighted by Gasteiger charge is 2.42. The van der Waals surface area contributed by atoms with Crippen molar-refractivity contribution in [3.05, 3.63) is 71.8 Å². The summed E-state index contributed by atoms with van der Waals surface area (Å²) in [6, 6.07) is 16.5. The van der Waals surface area contributed by atoms with E-state index in [-0.39, 0.29) is 0 Å². The molecule has 0 aromatic heterocycles. The SMILES string of the molecule is NC(c1ccccc1)(c1ccccc1)S(=O)(=O)O. The van der Waals surface area contributed by atoms with Crippen molar-refractivity contribution in [2.24, 2.45) is 5.73 Å². The highest BCUT2D eigenvalue weighted by atomic mass is 32.2. The largest absolute Gasteiger partial charge is 0.303 e. The minimum absolute atomic E-state index is 0.318. The van der Waals surface area contributed by atoms with Crippen LogP contribution in [0.3, 0.4) is 0 Å². The molecule has 5 heteroatoms. The van der Waals surface area contributed by atoms with Crippen LogP contribution < -0.4 is 5.73 Å². The van der Waals surface area contributed by atoms with Gasteiger partial charge in [0.2, 0.25) is 0 Å². The average Bonchev–Trinajstić information content (AvgIpc) is 2.38. The molecular formula is C13H13NO3S. The standard InChI is InChI=1S/C13H13NO3S/c14-13(18(15,16)17,11-7-3-1-4-8-11)12-9-5-2-6-10-12/h1-10H,14H2,(H,15,16,17). The zero-order chi connectivity index (χ0) is 13.2. The van der Waals surface area contributed by atoms with Gasteiger partial charge in [0, 0.05) is 0 Å². The first kappa shape index (κ1) is 12.8. The summed E-state index contributed by atoms with van der Waals surface area (Å²) in [4.78, 5) is -1.95. The molecule has 2 rings (SSSR count). The topological polar surface area (TPSA) is 80.4 Å². The lowest BCUT2D eigenvalue weighted by Crippen LogP contribution is -2.45. The second-order valence-electron chi connectivity index (χ2n) is 3.94. The molecular weight excluding hydrogens is 250 g/mol. The van der Waals surface area contributed by atoms with Gasteiger partial charge >= 0.3 is 0 Å². The predicted octanol–water partition coefficient (Wildman–Crippen LogP) is 1.73. The van der Waals surface area contributed by atoms with Crippen molar-refractivity contribution in [1.29, 1.82) is 0 Å². The van der Waals surface area contributed by atoms with E-state index in [0.29, 0.717) is 11.1 Å². The second-order valence-corrected chi connectivity index (χ2v) is 5.54. The highest BCUT2D eigenvalue weighted by Crippen LogP contribution is 2.31. The van der Waals surface area contributed by atoms with Gasteiger partial charge in [0.25, 0.3) is 10.1 Å². The Bertz CT molecular complexity index is 584. The van der Waals surface area contributed by atoms with E-state index in [2.05, 4.69) is 0 Å². The highest BCUT2D eigenvalue weighted by molar-refractivity contribution is 7.87. The van der Waals surface area contributed by atoms with Crippen LogP contribution in [0.15, 0.2) is 60.7 Å². The molecule has 0 atom stereocenters. The molecule has 0 amide bonds. The maximum absolute atomic E-state index is 11.7. The summed E-state index contributed by atoms with van der Waals surface area (Å²) in [6.45, 7) is 0. The molecule has 18 heavy (non-hydrogen) atoms. The van der Waals surface area contributed by atoms with Gasteiger partial charge in [-0.25, -0.2) is 0 Å². The van der Waals surface area contributed by atoms with Crippen LogP contribution in [0.5, 0.6) is 0 Å². The predicted molar refractivity (Wildman–Crippen MR) is 69.4 cm³/mol. The number of rotatable bonds is 3. The minimum Gasteiger partial charge on any atom is -0.303 e. The van der Waals surface area contributed by atoms with E-state index in [1.165, 1.54) is 0 Å². The monoisotopic (exact) mass is 263 g/mol. The number of benzene rings is 2. The fourth-order valence-electron chi connectivity index (χ4n) is 1.84. The molecule has 0 fully saturated rings. The molecule has 0 aliphatic heterocycles. The van der Waals surface area contributed by atoms with Gasteiger partial charge in [-0.15, -0.1) is 0 Å². The zero-order valence-electron chi connectivity index (χ0n) is 9.52. The average molecular weight is 263 g/mol. The van der Waals surface area contributed by atoms with Crippen molar-refractivity contribution in [2.75, 3.05) is 0 Å². The lowest BCUT2D eigenvalue weighted by Gasteiger charge is -2.27. The molecule has 0 radical (unpaired) electrons. The molecule has 0 aliphatic carbocycles. The number of hydrogen-bond acceptors (Lipinski definition) is 3. The summed E-state index contributed by atoms with van der Waals surface area (Å²) in [7, 11) is -4.49. The zero-order valence-corrected chi connectivity index (χ0v) is 10.3. The van der Waals surface area contributed by atoms with Gasteiger partial charge in [-0.05, 0) is 11.1 Å². The first-order valence-electron chi connectivity index (χ1n) is 5.33. The van der Waals surface area contributed by atoms with Crippen LogP contribution in [0.4, 0.5) is 0 Å². The summed E-state index contributed by atoms with van der Waals surface area (Å²) < 4.78 is 32.9. The van der Waals surface area contributed by atoms with Crippen molar-refractivity contribution < 1.29 is 13.0 Å². The number of nitrogens with two attached hydrogens (primary N) is 1. The summed E-state index contributed by atoms with van der Waals surface area (Å²) in [6.07, 6.45) is 0. The molecule has 94 valence electrons. The minimum atomic E-state index is -4.49. The van der Waals surface area contributed by atoms with Crippen LogP contribution in [0.2, 0.25) is 0 Å². The Balaban J connectivity index is 2.72. The molecule has 2 aromatic carbocycles. The van der Waals surface area contributed by atoms with E-state index in [4.69, 9.17) is 5.73 Å². The molecule has 4 nitrogen and oxygen atoms in total. The summed E-state index contributed by atoms with van der Waals surface area (Å²) >= 11 is 0. The Hall–Kier alpha value is -1.69. The van der Waals surface area contributed by atoms with E-state index in [1.54, 1.807) is 60.7 Å². The van der Waals surface area contributed by atoms with Crippen LogP contribution in [-0.2, 0) is 15.0 Å². The smallest absolute Gasteiger partial charge is 0.292 e. The molecule has 0 aliphatic rings. The molecule has 0 heterocycles. The lowest BCUT2D eigenvalue weighted by atomic mass is 9.99. The van der Waals surface area contributed by atoms with Gasteiger partial charge in [-0.1, -0.05) is 60.7 Å². The second kappa shape index (κ2) is 4.53. The summed E-state index contributed by atoms with van der Waals surface area (Å²) in [5, 5.41) is 0. The van der Waals surface area contributed by atoms with E-state index < -0.39 is 15.0 Å². The quantitative estimate of drug-likeness (QED) is 0.826. The maximum Gasteiger partial charge on any atom is 0.292 e. The Morgan fingerprint density at radius 3 is 1.44 bits per heavy atom. The normalized spacial score (nSPS) is 12.3. The van der Waals surface area contributed by atoms with E-state index in [9.17, 15) is 13.0 Å². The van der Waals surface area contributed by atoms with Gasteiger partial charge in [-0.3, -0.25) is 4.55 Å². The molecule has 0 bridgehead atoms. The fraction of sp³-hybridized carbons (Fsp3) is 0.0769. The molecule has 0 saturated carbocycles. The maximum atomic E-state index is 11.7. The first-order chi connectivity index (χ1) is 8.46. The van der Waals surface area contributed by atoms with Crippen LogP contribution in [0.1, 0.15) is 11.1 Å². The van der Waals surface area contributed by atoms with Crippen molar-refractivity contribution in [3.8, 4) is 0 Å². The molecule has 0 unspecified atom stereocenters. The molecule has 3 N–H and O–H groups in total.